The van der Waals surface area contributed by atoms with Gasteiger partial charge in [0.15, 0.2) is 0 Å². The Balaban J connectivity index is 1.53. The predicted molar refractivity (Wildman–Crippen MR) is 82.5 cm³/mol. The number of hydrogen-bond donors (Lipinski definition) is 1. The summed E-state index contributed by atoms with van der Waals surface area (Å²) in [6.07, 6.45) is 13.4. The summed E-state index contributed by atoms with van der Waals surface area (Å²) >= 11 is 0. The third-order valence-electron chi connectivity index (χ3n) is 5.45. The first-order valence-electron chi connectivity index (χ1n) is 8.51. The van der Waals surface area contributed by atoms with Gasteiger partial charge in [-0.05, 0) is 37.5 Å². The number of aromatic nitrogens is 2. The minimum absolute atomic E-state index is 0.735. The Bertz CT molecular complexity index is 437. The van der Waals surface area contributed by atoms with Gasteiger partial charge in [-0.2, -0.15) is 5.10 Å². The second kappa shape index (κ2) is 6.30. The minimum atomic E-state index is 0.735. The van der Waals surface area contributed by atoms with Gasteiger partial charge >= 0.3 is 0 Å². The van der Waals surface area contributed by atoms with Gasteiger partial charge in [0, 0.05) is 31.4 Å². The summed E-state index contributed by atoms with van der Waals surface area (Å²) in [7, 11) is 2.02. The molecule has 2 aliphatic carbocycles. The molecule has 3 atom stereocenters. The molecule has 0 aliphatic heterocycles. The van der Waals surface area contributed by atoms with Crippen molar-refractivity contribution >= 4 is 0 Å². The Hall–Kier alpha value is -0.830. The van der Waals surface area contributed by atoms with Crippen molar-refractivity contribution in [3.05, 3.63) is 17.5 Å². The summed E-state index contributed by atoms with van der Waals surface area (Å²) < 4.78 is 1.95. The van der Waals surface area contributed by atoms with Crippen LogP contribution in [0.15, 0.2) is 6.20 Å². The van der Waals surface area contributed by atoms with Crippen molar-refractivity contribution < 1.29 is 0 Å². The Morgan fingerprint density at radius 2 is 2.00 bits per heavy atom. The minimum Gasteiger partial charge on any atom is -0.310 e. The molecule has 112 valence electrons. The van der Waals surface area contributed by atoms with Gasteiger partial charge in [-0.15, -0.1) is 0 Å². The van der Waals surface area contributed by atoms with Crippen molar-refractivity contribution in [2.75, 3.05) is 0 Å². The van der Waals surface area contributed by atoms with Crippen LogP contribution in [0.5, 0.6) is 0 Å². The summed E-state index contributed by atoms with van der Waals surface area (Å²) in [5.74, 6) is 2.06. The lowest BCUT2D eigenvalue weighted by molar-refractivity contribution is 0.143. The smallest absolute Gasteiger partial charge is 0.0666 e. The van der Waals surface area contributed by atoms with Gasteiger partial charge in [0.05, 0.1) is 5.69 Å². The molecule has 0 bridgehead atoms. The number of nitrogens with zero attached hydrogens (tertiary/aromatic N) is 2. The van der Waals surface area contributed by atoms with Gasteiger partial charge in [0.1, 0.15) is 0 Å². The molecule has 3 unspecified atom stereocenters. The second-order valence-corrected chi connectivity index (χ2v) is 6.82. The standard InChI is InChI=1S/C17H29N3/c1-3-17-15(12-20(2)19-17)11-18-16-9-8-13-6-4-5-7-14(13)10-16/h12-14,16,18H,3-11H2,1-2H3. The van der Waals surface area contributed by atoms with E-state index in [0.29, 0.717) is 0 Å². The second-order valence-electron chi connectivity index (χ2n) is 6.82. The van der Waals surface area contributed by atoms with Crippen LogP contribution in [0.25, 0.3) is 0 Å². The SMILES string of the molecule is CCc1nn(C)cc1CNC1CCC2CCCCC2C1. The zero-order chi connectivity index (χ0) is 13.9. The summed E-state index contributed by atoms with van der Waals surface area (Å²) in [5, 5.41) is 8.34. The third-order valence-corrected chi connectivity index (χ3v) is 5.45. The number of hydrogen-bond acceptors (Lipinski definition) is 2. The van der Waals surface area contributed by atoms with Gasteiger partial charge in [-0.1, -0.05) is 32.6 Å². The molecule has 2 saturated carbocycles. The first-order chi connectivity index (χ1) is 9.76. The molecular weight excluding hydrogens is 246 g/mol. The quantitative estimate of drug-likeness (QED) is 0.912. The van der Waals surface area contributed by atoms with Crippen molar-refractivity contribution in [1.29, 1.82) is 0 Å². The average molecular weight is 275 g/mol. The normalized spacial score (nSPS) is 30.2. The fourth-order valence-corrected chi connectivity index (χ4v) is 4.34. The molecule has 1 heterocycles. The molecule has 3 rings (SSSR count). The third kappa shape index (κ3) is 3.08. The fourth-order valence-electron chi connectivity index (χ4n) is 4.34. The topological polar surface area (TPSA) is 29.9 Å². The van der Waals surface area contributed by atoms with Crippen molar-refractivity contribution in [2.24, 2.45) is 18.9 Å². The Morgan fingerprint density at radius 3 is 2.80 bits per heavy atom. The number of rotatable bonds is 4. The molecule has 3 nitrogen and oxygen atoms in total. The van der Waals surface area contributed by atoms with Crippen LogP contribution < -0.4 is 5.32 Å². The van der Waals surface area contributed by atoms with Crippen LogP contribution >= 0.6 is 0 Å². The lowest BCUT2D eigenvalue weighted by Crippen LogP contribution is -2.38. The van der Waals surface area contributed by atoms with Gasteiger partial charge in [-0.25, -0.2) is 0 Å². The first-order valence-corrected chi connectivity index (χ1v) is 8.51. The Morgan fingerprint density at radius 1 is 1.20 bits per heavy atom. The molecule has 20 heavy (non-hydrogen) atoms. The van der Waals surface area contributed by atoms with E-state index in [-0.39, 0.29) is 0 Å². The van der Waals surface area contributed by atoms with E-state index in [0.717, 1.165) is 30.8 Å². The van der Waals surface area contributed by atoms with Crippen LogP contribution in [0.1, 0.15) is 63.1 Å². The summed E-state index contributed by atoms with van der Waals surface area (Å²) in [5.41, 5.74) is 2.65. The monoisotopic (exact) mass is 275 g/mol. The molecule has 0 saturated heterocycles. The van der Waals surface area contributed by atoms with E-state index in [1.807, 2.05) is 11.7 Å². The summed E-state index contributed by atoms with van der Waals surface area (Å²) in [6, 6.07) is 0.735. The van der Waals surface area contributed by atoms with Crippen molar-refractivity contribution in [1.82, 2.24) is 15.1 Å². The van der Waals surface area contributed by atoms with Gasteiger partial charge in [0.25, 0.3) is 0 Å². The highest BCUT2D eigenvalue weighted by molar-refractivity contribution is 5.16. The lowest BCUT2D eigenvalue weighted by atomic mass is 9.69. The summed E-state index contributed by atoms with van der Waals surface area (Å²) in [4.78, 5) is 0. The van der Waals surface area contributed by atoms with E-state index in [4.69, 9.17) is 0 Å². The number of aryl methyl sites for hydroxylation is 2. The fraction of sp³-hybridized carbons (Fsp3) is 0.824. The van der Waals surface area contributed by atoms with E-state index < -0.39 is 0 Å². The zero-order valence-electron chi connectivity index (χ0n) is 13.1. The lowest BCUT2D eigenvalue weighted by Gasteiger charge is -2.39. The number of fused-ring (bicyclic) bond motifs is 1. The largest absolute Gasteiger partial charge is 0.310 e. The van der Waals surface area contributed by atoms with Crippen molar-refractivity contribution in [3.63, 3.8) is 0 Å². The maximum Gasteiger partial charge on any atom is 0.0666 e. The zero-order valence-corrected chi connectivity index (χ0v) is 13.1. The van der Waals surface area contributed by atoms with Crippen LogP contribution in [0.2, 0.25) is 0 Å². The molecular formula is C17H29N3. The van der Waals surface area contributed by atoms with Gasteiger partial charge < -0.3 is 5.32 Å². The average Bonchev–Trinajstić information content (AvgIpc) is 2.85. The molecule has 0 amide bonds. The summed E-state index contributed by atoms with van der Waals surface area (Å²) in [6.45, 7) is 3.19. The maximum absolute atomic E-state index is 4.54. The van der Waals surface area contributed by atoms with E-state index >= 15 is 0 Å². The molecule has 1 N–H and O–H groups in total. The van der Waals surface area contributed by atoms with Crippen LogP contribution in [0, 0.1) is 11.8 Å². The molecule has 0 spiro atoms. The van der Waals surface area contributed by atoms with Gasteiger partial charge in [0.2, 0.25) is 0 Å². The molecule has 1 aromatic heterocycles. The maximum atomic E-state index is 4.54. The van der Waals surface area contributed by atoms with Crippen LogP contribution in [-0.2, 0) is 20.0 Å². The van der Waals surface area contributed by atoms with Crippen LogP contribution in [0.4, 0.5) is 0 Å². The molecule has 0 radical (unpaired) electrons. The number of nitrogens with one attached hydrogen (secondary N) is 1. The molecule has 1 aromatic rings. The highest BCUT2D eigenvalue weighted by Crippen LogP contribution is 2.40. The molecule has 2 fully saturated rings. The van der Waals surface area contributed by atoms with E-state index in [2.05, 4.69) is 23.5 Å². The molecule has 2 aliphatic rings. The van der Waals surface area contributed by atoms with Crippen LogP contribution in [0.3, 0.4) is 0 Å². The molecule has 0 aromatic carbocycles. The highest BCUT2D eigenvalue weighted by atomic mass is 15.3. The van der Waals surface area contributed by atoms with Gasteiger partial charge in [-0.3, -0.25) is 4.68 Å². The Kier molecular flexibility index (Phi) is 4.45. The van der Waals surface area contributed by atoms with E-state index in [1.54, 1.807) is 0 Å². The van der Waals surface area contributed by atoms with E-state index in [9.17, 15) is 0 Å². The predicted octanol–water partition coefficient (Wildman–Crippen LogP) is 3.43. The highest BCUT2D eigenvalue weighted by Gasteiger charge is 2.31. The van der Waals surface area contributed by atoms with E-state index in [1.165, 1.54) is 56.2 Å². The van der Waals surface area contributed by atoms with Crippen LogP contribution in [-0.4, -0.2) is 15.8 Å². The molecule has 3 heteroatoms. The Labute approximate surface area is 123 Å². The van der Waals surface area contributed by atoms with Crippen molar-refractivity contribution in [3.8, 4) is 0 Å². The first kappa shape index (κ1) is 14.1. The van der Waals surface area contributed by atoms with Crippen molar-refractivity contribution in [2.45, 2.75) is 70.9 Å².